The predicted octanol–water partition coefficient (Wildman–Crippen LogP) is 3.89. The Morgan fingerprint density at radius 1 is 1.11 bits per heavy atom. The van der Waals surface area contributed by atoms with Gasteiger partial charge < -0.3 is 19.9 Å². The monoisotopic (exact) mass is 400 g/mol. The molecule has 1 aromatic carbocycles. The van der Waals surface area contributed by atoms with E-state index in [4.69, 9.17) is 9.72 Å². The summed E-state index contributed by atoms with van der Waals surface area (Å²) < 4.78 is 6.52. The first-order valence-corrected chi connectivity index (χ1v) is 11.4. The highest BCUT2D eigenvalue weighted by Crippen LogP contribution is 2.43. The molecular formula is C21H28N4O2S. The van der Waals surface area contributed by atoms with E-state index in [9.17, 15) is 4.79 Å². The molecule has 1 aliphatic carbocycles. The van der Waals surface area contributed by atoms with E-state index < -0.39 is 0 Å². The van der Waals surface area contributed by atoms with Crippen LogP contribution in [0.1, 0.15) is 43.0 Å². The Kier molecular flexibility index (Phi) is 5.22. The van der Waals surface area contributed by atoms with E-state index in [1.165, 1.54) is 54.9 Å². The fourth-order valence-corrected chi connectivity index (χ4v) is 5.61. The topological polar surface area (TPSA) is 57.7 Å². The van der Waals surface area contributed by atoms with Crippen LogP contribution in [0.2, 0.25) is 0 Å². The average molecular weight is 401 g/mol. The van der Waals surface area contributed by atoms with Crippen LogP contribution in [0.3, 0.4) is 0 Å². The van der Waals surface area contributed by atoms with Crippen molar-refractivity contribution in [3.63, 3.8) is 0 Å². The summed E-state index contributed by atoms with van der Waals surface area (Å²) in [5.74, 6) is 0.607. The number of rotatable bonds is 3. The second kappa shape index (κ2) is 7.97. The smallest absolute Gasteiger partial charge is 0.322 e. The van der Waals surface area contributed by atoms with Crippen LogP contribution in [0.4, 0.5) is 10.5 Å². The molecule has 0 atom stereocenters. The molecule has 7 heteroatoms. The quantitative estimate of drug-likeness (QED) is 0.849. The molecule has 1 aromatic heterocycles. The molecule has 28 heavy (non-hydrogen) atoms. The number of fused-ring (bicyclic) bond motifs is 1. The molecule has 2 aromatic rings. The third-order valence-electron chi connectivity index (χ3n) is 6.32. The molecule has 3 heterocycles. The molecule has 5 rings (SSSR count). The molecule has 150 valence electrons. The zero-order valence-electron chi connectivity index (χ0n) is 16.2. The summed E-state index contributed by atoms with van der Waals surface area (Å²) in [6, 6.07) is 6.79. The standard InChI is InChI=1S/C21H28N4O2S/c26-21(25-8-10-27-11-9-25)22-16-4-5-19-18(14-16)23-20(28-19)15-12-17(13-15)24-6-2-1-3-7-24/h4-5,14-15,17H,1-3,6-13H2,(H,22,26). The van der Waals surface area contributed by atoms with Gasteiger partial charge in [-0.1, -0.05) is 6.42 Å². The first-order chi connectivity index (χ1) is 13.8. The maximum atomic E-state index is 12.4. The second-order valence-corrected chi connectivity index (χ2v) is 9.25. The molecule has 0 bridgehead atoms. The third-order valence-corrected chi connectivity index (χ3v) is 7.52. The number of amides is 2. The van der Waals surface area contributed by atoms with Crippen molar-refractivity contribution >= 4 is 33.3 Å². The van der Waals surface area contributed by atoms with Gasteiger partial charge in [0.05, 0.1) is 28.4 Å². The molecule has 0 radical (unpaired) electrons. The predicted molar refractivity (Wildman–Crippen MR) is 112 cm³/mol. The van der Waals surface area contributed by atoms with Crippen LogP contribution >= 0.6 is 11.3 Å². The van der Waals surface area contributed by atoms with Crippen molar-refractivity contribution in [2.75, 3.05) is 44.7 Å². The molecule has 1 N–H and O–H groups in total. The molecule has 6 nitrogen and oxygen atoms in total. The molecule has 1 saturated carbocycles. The molecule has 3 fully saturated rings. The van der Waals surface area contributed by atoms with Gasteiger partial charge in [0.25, 0.3) is 0 Å². The van der Waals surface area contributed by atoms with E-state index in [1.54, 1.807) is 4.90 Å². The zero-order valence-corrected chi connectivity index (χ0v) is 17.0. The molecule has 2 aliphatic heterocycles. The van der Waals surface area contributed by atoms with Gasteiger partial charge in [0.15, 0.2) is 0 Å². The largest absolute Gasteiger partial charge is 0.378 e. The van der Waals surface area contributed by atoms with Gasteiger partial charge >= 0.3 is 6.03 Å². The van der Waals surface area contributed by atoms with Crippen LogP contribution in [-0.4, -0.2) is 66.2 Å². The normalized spacial score (nSPS) is 26.2. The zero-order chi connectivity index (χ0) is 18.9. The van der Waals surface area contributed by atoms with Crippen LogP contribution in [-0.2, 0) is 4.74 Å². The second-order valence-electron chi connectivity index (χ2n) is 8.18. The summed E-state index contributed by atoms with van der Waals surface area (Å²) in [4.78, 5) is 21.8. The summed E-state index contributed by atoms with van der Waals surface area (Å²) in [5.41, 5.74) is 1.82. The number of ether oxygens (including phenoxy) is 1. The van der Waals surface area contributed by atoms with Crippen molar-refractivity contribution in [2.24, 2.45) is 0 Å². The number of benzene rings is 1. The SMILES string of the molecule is O=C(Nc1ccc2sc(C3CC(N4CCCCC4)C3)nc2c1)N1CCOCC1. The summed E-state index contributed by atoms with van der Waals surface area (Å²) in [5, 5.41) is 4.27. The molecule has 3 aliphatic rings. The van der Waals surface area contributed by atoms with Gasteiger partial charge in [-0.3, -0.25) is 0 Å². The number of nitrogens with zero attached hydrogens (tertiary/aromatic N) is 3. The molecule has 0 spiro atoms. The summed E-state index contributed by atoms with van der Waals surface area (Å²) in [6.07, 6.45) is 6.62. The molecule has 0 unspecified atom stereocenters. The Bertz CT molecular complexity index is 836. The van der Waals surface area contributed by atoms with Crippen molar-refractivity contribution in [3.05, 3.63) is 23.2 Å². The minimum atomic E-state index is -0.0542. The van der Waals surface area contributed by atoms with Crippen molar-refractivity contribution in [3.8, 4) is 0 Å². The number of hydrogen-bond donors (Lipinski definition) is 1. The third kappa shape index (κ3) is 3.75. The van der Waals surface area contributed by atoms with Crippen LogP contribution in [0.15, 0.2) is 18.2 Å². The number of carbonyl (C=O) groups is 1. The number of thiazole rings is 1. The van der Waals surface area contributed by atoms with E-state index in [1.807, 2.05) is 23.5 Å². The first kappa shape index (κ1) is 18.3. The van der Waals surface area contributed by atoms with Gasteiger partial charge in [-0.2, -0.15) is 0 Å². The average Bonchev–Trinajstić information content (AvgIpc) is 3.11. The van der Waals surface area contributed by atoms with Gasteiger partial charge in [0.1, 0.15) is 0 Å². The highest BCUT2D eigenvalue weighted by molar-refractivity contribution is 7.18. The Balaban J connectivity index is 1.22. The van der Waals surface area contributed by atoms with Gasteiger partial charge in [-0.05, 0) is 57.0 Å². The van der Waals surface area contributed by atoms with Gasteiger partial charge in [0, 0.05) is 30.7 Å². The minimum absolute atomic E-state index is 0.0542. The number of piperidine rings is 1. The molecular weight excluding hydrogens is 372 g/mol. The maximum absolute atomic E-state index is 12.4. The van der Waals surface area contributed by atoms with Gasteiger partial charge in [0.2, 0.25) is 0 Å². The number of hydrogen-bond acceptors (Lipinski definition) is 5. The van der Waals surface area contributed by atoms with Crippen LogP contribution in [0.5, 0.6) is 0 Å². The van der Waals surface area contributed by atoms with E-state index in [0.717, 1.165) is 17.2 Å². The van der Waals surface area contributed by atoms with Crippen molar-refractivity contribution in [1.82, 2.24) is 14.8 Å². The fraction of sp³-hybridized carbons (Fsp3) is 0.619. The highest BCUT2D eigenvalue weighted by atomic mass is 32.1. The number of carbonyl (C=O) groups excluding carboxylic acids is 1. The van der Waals surface area contributed by atoms with Gasteiger partial charge in [-0.25, -0.2) is 9.78 Å². The van der Waals surface area contributed by atoms with Crippen LogP contribution in [0.25, 0.3) is 10.2 Å². The van der Waals surface area contributed by atoms with Crippen LogP contribution < -0.4 is 5.32 Å². The first-order valence-electron chi connectivity index (χ1n) is 10.5. The minimum Gasteiger partial charge on any atom is -0.378 e. The maximum Gasteiger partial charge on any atom is 0.322 e. The number of urea groups is 1. The Labute approximate surface area is 169 Å². The highest BCUT2D eigenvalue weighted by Gasteiger charge is 2.36. The van der Waals surface area contributed by atoms with Crippen molar-refractivity contribution in [1.29, 1.82) is 0 Å². The molecule has 2 saturated heterocycles. The lowest BCUT2D eigenvalue weighted by atomic mass is 9.79. The van der Waals surface area contributed by atoms with E-state index in [0.29, 0.717) is 32.2 Å². The lowest BCUT2D eigenvalue weighted by Crippen LogP contribution is -2.46. The number of likely N-dealkylation sites (tertiary alicyclic amines) is 1. The van der Waals surface area contributed by atoms with E-state index >= 15 is 0 Å². The number of nitrogens with one attached hydrogen (secondary N) is 1. The number of aromatic nitrogens is 1. The fourth-order valence-electron chi connectivity index (χ4n) is 4.54. The lowest BCUT2D eigenvalue weighted by Gasteiger charge is -2.43. The Morgan fingerprint density at radius 3 is 2.68 bits per heavy atom. The van der Waals surface area contributed by atoms with Crippen LogP contribution in [0, 0.1) is 0 Å². The molecule has 2 amide bonds. The van der Waals surface area contributed by atoms with E-state index in [2.05, 4.69) is 16.3 Å². The summed E-state index contributed by atoms with van der Waals surface area (Å²) >= 11 is 1.82. The number of morpholine rings is 1. The Morgan fingerprint density at radius 2 is 1.89 bits per heavy atom. The van der Waals surface area contributed by atoms with Gasteiger partial charge in [-0.15, -0.1) is 11.3 Å². The number of anilines is 1. The lowest BCUT2D eigenvalue weighted by molar-refractivity contribution is 0.0564. The summed E-state index contributed by atoms with van der Waals surface area (Å²) in [6.45, 7) is 5.08. The van der Waals surface area contributed by atoms with Crippen molar-refractivity contribution < 1.29 is 9.53 Å². The Hall–Kier alpha value is -1.70. The summed E-state index contributed by atoms with van der Waals surface area (Å²) in [7, 11) is 0. The van der Waals surface area contributed by atoms with E-state index in [-0.39, 0.29) is 6.03 Å². The van der Waals surface area contributed by atoms with Crippen molar-refractivity contribution in [2.45, 2.75) is 44.1 Å².